The highest BCUT2D eigenvalue weighted by molar-refractivity contribution is 5.94. The van der Waals surface area contributed by atoms with Crippen LogP contribution in [-0.4, -0.2) is 18.4 Å². The van der Waals surface area contributed by atoms with Gasteiger partial charge in [-0.3, -0.25) is 9.59 Å². The second kappa shape index (κ2) is 5.99. The Hall–Kier alpha value is -1.90. The third kappa shape index (κ3) is 3.87. The fraction of sp³-hybridized carbons (Fsp3) is 0.286. The molecule has 0 atom stereocenters. The molecule has 3 heteroatoms. The predicted octanol–water partition coefficient (Wildman–Crippen LogP) is 2.86. The zero-order chi connectivity index (χ0) is 12.8. The van der Waals surface area contributed by atoms with Crippen molar-refractivity contribution in [3.63, 3.8) is 0 Å². The van der Waals surface area contributed by atoms with E-state index in [1.165, 1.54) is 6.92 Å². The van der Waals surface area contributed by atoms with Gasteiger partial charge in [-0.2, -0.15) is 0 Å². The van der Waals surface area contributed by atoms with Crippen LogP contribution in [0.15, 0.2) is 30.8 Å². The molecule has 0 aliphatic heterocycles. The van der Waals surface area contributed by atoms with Crippen LogP contribution >= 0.6 is 0 Å². The van der Waals surface area contributed by atoms with Crippen molar-refractivity contribution < 1.29 is 14.3 Å². The maximum Gasteiger partial charge on any atom is 0.310 e. The van der Waals surface area contributed by atoms with E-state index in [0.717, 1.165) is 5.56 Å². The van der Waals surface area contributed by atoms with E-state index in [-0.39, 0.29) is 18.2 Å². The van der Waals surface area contributed by atoms with E-state index in [1.54, 1.807) is 31.2 Å². The third-order valence-electron chi connectivity index (χ3n) is 2.36. The van der Waals surface area contributed by atoms with Crippen molar-refractivity contribution in [2.45, 2.75) is 20.3 Å². The molecular weight excluding hydrogens is 216 g/mol. The zero-order valence-electron chi connectivity index (χ0n) is 10.2. The van der Waals surface area contributed by atoms with Gasteiger partial charge in [0.15, 0.2) is 5.78 Å². The van der Waals surface area contributed by atoms with E-state index < -0.39 is 0 Å². The van der Waals surface area contributed by atoms with Crippen molar-refractivity contribution in [1.82, 2.24) is 0 Å². The number of benzene rings is 1. The lowest BCUT2D eigenvalue weighted by molar-refractivity contribution is -0.141. The van der Waals surface area contributed by atoms with Crippen LogP contribution in [0.4, 0.5) is 0 Å². The lowest BCUT2D eigenvalue weighted by Gasteiger charge is -2.06. The van der Waals surface area contributed by atoms with Crippen molar-refractivity contribution >= 4 is 17.3 Å². The molecule has 0 N–H and O–H groups in total. The number of ether oxygens (including phenoxy) is 1. The molecular formula is C14H16O3. The Kier molecular flexibility index (Phi) is 4.64. The number of hydrogen-bond donors (Lipinski definition) is 0. The predicted molar refractivity (Wildman–Crippen MR) is 66.7 cm³/mol. The van der Waals surface area contributed by atoms with Gasteiger partial charge in [0.25, 0.3) is 0 Å². The molecule has 1 rings (SSSR count). The first kappa shape index (κ1) is 13.2. The van der Waals surface area contributed by atoms with E-state index in [2.05, 4.69) is 6.58 Å². The second-order valence-electron chi connectivity index (χ2n) is 3.72. The van der Waals surface area contributed by atoms with Gasteiger partial charge in [-0.1, -0.05) is 30.8 Å². The summed E-state index contributed by atoms with van der Waals surface area (Å²) in [5.74, 6) is -0.263. The summed E-state index contributed by atoms with van der Waals surface area (Å²) in [6.45, 7) is 7.49. The minimum absolute atomic E-state index is 0.0209. The molecule has 0 amide bonds. The maximum absolute atomic E-state index is 11.3. The van der Waals surface area contributed by atoms with Gasteiger partial charge in [-0.15, -0.1) is 0 Å². The van der Waals surface area contributed by atoms with Gasteiger partial charge in [0.05, 0.1) is 13.0 Å². The molecule has 1 aromatic carbocycles. The highest BCUT2D eigenvalue weighted by Crippen LogP contribution is 2.17. The molecule has 0 saturated heterocycles. The van der Waals surface area contributed by atoms with Crippen molar-refractivity contribution in [2.24, 2.45) is 0 Å². The summed E-state index contributed by atoms with van der Waals surface area (Å²) in [6.07, 6.45) is 0.174. The molecule has 0 saturated carbocycles. The first-order valence-electron chi connectivity index (χ1n) is 5.49. The first-order chi connectivity index (χ1) is 8.04. The summed E-state index contributed by atoms with van der Waals surface area (Å²) in [5, 5.41) is 0. The minimum atomic E-state index is -0.284. The van der Waals surface area contributed by atoms with Gasteiger partial charge >= 0.3 is 5.97 Å². The van der Waals surface area contributed by atoms with Gasteiger partial charge in [0, 0.05) is 5.56 Å². The summed E-state index contributed by atoms with van der Waals surface area (Å²) in [7, 11) is 0. The van der Waals surface area contributed by atoms with Crippen LogP contribution in [-0.2, 0) is 9.53 Å². The van der Waals surface area contributed by atoms with Crippen LogP contribution in [0.25, 0.3) is 5.57 Å². The van der Waals surface area contributed by atoms with E-state index in [1.807, 2.05) is 0 Å². The summed E-state index contributed by atoms with van der Waals surface area (Å²) in [6, 6.07) is 7.04. The molecule has 0 bridgehead atoms. The first-order valence-corrected chi connectivity index (χ1v) is 5.49. The summed E-state index contributed by atoms with van der Waals surface area (Å²) in [5.41, 5.74) is 2.19. The number of carbonyl (C=O) groups excluding carboxylic acids is 2. The fourth-order valence-electron chi connectivity index (χ4n) is 1.43. The Bertz CT molecular complexity index is 429. The van der Waals surface area contributed by atoms with Crippen LogP contribution in [0.1, 0.15) is 36.2 Å². The molecule has 0 aliphatic carbocycles. The molecule has 17 heavy (non-hydrogen) atoms. The summed E-state index contributed by atoms with van der Waals surface area (Å²) >= 11 is 0. The topological polar surface area (TPSA) is 43.4 Å². The minimum Gasteiger partial charge on any atom is -0.466 e. The van der Waals surface area contributed by atoms with Gasteiger partial charge in [-0.05, 0) is 25.0 Å². The normalized spacial score (nSPS) is 9.76. The number of ketones is 1. The summed E-state index contributed by atoms with van der Waals surface area (Å²) < 4.78 is 4.84. The largest absolute Gasteiger partial charge is 0.466 e. The van der Waals surface area contributed by atoms with Crippen LogP contribution < -0.4 is 0 Å². The summed E-state index contributed by atoms with van der Waals surface area (Å²) in [4.78, 5) is 22.4. The number of esters is 1. The van der Waals surface area contributed by atoms with Gasteiger partial charge in [-0.25, -0.2) is 0 Å². The Labute approximate surface area is 101 Å². The quantitative estimate of drug-likeness (QED) is 0.579. The number of carbonyl (C=O) groups is 2. The highest BCUT2D eigenvalue weighted by atomic mass is 16.5. The van der Waals surface area contributed by atoms with Gasteiger partial charge in [0.2, 0.25) is 0 Å². The van der Waals surface area contributed by atoms with Crippen LogP contribution in [0, 0.1) is 0 Å². The number of rotatable bonds is 5. The average Bonchev–Trinajstić information content (AvgIpc) is 2.29. The average molecular weight is 232 g/mol. The van der Waals surface area contributed by atoms with Crippen molar-refractivity contribution in [1.29, 1.82) is 0 Å². The van der Waals surface area contributed by atoms with E-state index in [9.17, 15) is 9.59 Å². The second-order valence-corrected chi connectivity index (χ2v) is 3.72. The van der Waals surface area contributed by atoms with Gasteiger partial charge in [0.1, 0.15) is 0 Å². The van der Waals surface area contributed by atoms with E-state index >= 15 is 0 Å². The molecule has 90 valence electrons. The molecule has 0 unspecified atom stereocenters. The Morgan fingerprint density at radius 3 is 2.18 bits per heavy atom. The molecule has 0 fully saturated rings. The van der Waals surface area contributed by atoms with Crippen LogP contribution in [0.5, 0.6) is 0 Å². The Morgan fingerprint density at radius 2 is 1.71 bits per heavy atom. The highest BCUT2D eigenvalue weighted by Gasteiger charge is 2.07. The van der Waals surface area contributed by atoms with E-state index in [0.29, 0.717) is 17.7 Å². The smallest absolute Gasteiger partial charge is 0.310 e. The molecule has 0 radical (unpaired) electrons. The van der Waals surface area contributed by atoms with Gasteiger partial charge < -0.3 is 4.74 Å². The van der Waals surface area contributed by atoms with E-state index in [4.69, 9.17) is 4.74 Å². The Morgan fingerprint density at radius 1 is 1.18 bits per heavy atom. The molecule has 0 aliphatic rings. The monoisotopic (exact) mass is 232 g/mol. The molecule has 3 nitrogen and oxygen atoms in total. The van der Waals surface area contributed by atoms with Crippen LogP contribution in [0.3, 0.4) is 0 Å². The van der Waals surface area contributed by atoms with Crippen molar-refractivity contribution in [3.05, 3.63) is 42.0 Å². The fourth-order valence-corrected chi connectivity index (χ4v) is 1.43. The molecule has 0 spiro atoms. The van der Waals surface area contributed by atoms with Crippen LogP contribution in [0.2, 0.25) is 0 Å². The lowest BCUT2D eigenvalue weighted by atomic mass is 10.0. The molecule has 0 aromatic heterocycles. The molecule has 0 heterocycles. The maximum atomic E-state index is 11.3. The number of hydrogen-bond acceptors (Lipinski definition) is 3. The molecule has 1 aromatic rings. The number of Topliss-reactive ketones (excluding diaryl/α,β-unsaturated/α-hetero) is 1. The Balaban J connectivity index is 2.70. The lowest BCUT2D eigenvalue weighted by Crippen LogP contribution is -2.04. The van der Waals surface area contributed by atoms with Crippen molar-refractivity contribution in [2.75, 3.05) is 6.61 Å². The standard InChI is InChI=1S/C14H16O3/c1-4-17-14(16)9-10(2)12-5-7-13(8-6-12)11(3)15/h5-8H,2,4,9H2,1,3H3. The zero-order valence-corrected chi connectivity index (χ0v) is 10.2. The van der Waals surface area contributed by atoms with Crippen molar-refractivity contribution in [3.8, 4) is 0 Å². The SMILES string of the molecule is C=C(CC(=O)OCC)c1ccc(C(C)=O)cc1. The third-order valence-corrected chi connectivity index (χ3v) is 2.36.